The Kier molecular flexibility index (Phi) is 8.01. The molecule has 1 heteroatoms. The second-order valence-electron chi connectivity index (χ2n) is 6.92. The van der Waals surface area contributed by atoms with Gasteiger partial charge >= 0.3 is 0 Å². The van der Waals surface area contributed by atoms with Crippen LogP contribution in [0.4, 0.5) is 0 Å². The van der Waals surface area contributed by atoms with Crippen molar-refractivity contribution in [3.8, 4) is 0 Å². The largest absolute Gasteiger partial charge is 0.373 e. The Bertz CT molecular complexity index is 387. The molecule has 1 fully saturated rings. The van der Waals surface area contributed by atoms with Gasteiger partial charge in [0.1, 0.15) is 0 Å². The molecule has 124 valence electrons. The van der Waals surface area contributed by atoms with Gasteiger partial charge in [-0.05, 0) is 42.7 Å². The van der Waals surface area contributed by atoms with E-state index in [9.17, 15) is 0 Å². The molecule has 0 N–H and O–H groups in total. The summed E-state index contributed by atoms with van der Waals surface area (Å²) in [6, 6.07) is 9.03. The lowest BCUT2D eigenvalue weighted by atomic mass is 9.90. The first-order valence-corrected chi connectivity index (χ1v) is 9.54. The maximum atomic E-state index is 6.15. The highest BCUT2D eigenvalue weighted by atomic mass is 16.5. The van der Waals surface area contributed by atoms with Crippen molar-refractivity contribution in [1.82, 2.24) is 0 Å². The highest BCUT2D eigenvalue weighted by molar-refractivity contribution is 5.24. The molecule has 2 atom stereocenters. The molecule has 0 bridgehead atoms. The molecule has 1 saturated heterocycles. The molecule has 0 saturated carbocycles. The molecule has 2 rings (SSSR count). The number of rotatable bonds is 9. The fraction of sp³-hybridized carbons (Fsp3) is 0.714. The lowest BCUT2D eigenvalue weighted by Gasteiger charge is -2.29. The van der Waals surface area contributed by atoms with Crippen molar-refractivity contribution in [2.75, 3.05) is 6.61 Å². The second kappa shape index (κ2) is 10.0. The molecule has 0 aromatic heterocycles. The zero-order valence-corrected chi connectivity index (χ0v) is 14.7. The topological polar surface area (TPSA) is 9.23 Å². The molecular weight excluding hydrogens is 268 g/mol. The quantitative estimate of drug-likeness (QED) is 0.475. The van der Waals surface area contributed by atoms with E-state index in [0.29, 0.717) is 6.10 Å². The number of hydrogen-bond acceptors (Lipinski definition) is 1. The van der Waals surface area contributed by atoms with Gasteiger partial charge in [-0.25, -0.2) is 0 Å². The van der Waals surface area contributed by atoms with E-state index in [4.69, 9.17) is 4.74 Å². The van der Waals surface area contributed by atoms with E-state index in [2.05, 4.69) is 38.1 Å². The normalized spacial score (nSPS) is 21.9. The number of unbranched alkanes of at least 4 members (excludes halogenated alkanes) is 5. The van der Waals surface area contributed by atoms with Gasteiger partial charge in [-0.2, -0.15) is 0 Å². The van der Waals surface area contributed by atoms with E-state index >= 15 is 0 Å². The molecule has 0 aliphatic carbocycles. The summed E-state index contributed by atoms with van der Waals surface area (Å²) in [7, 11) is 0. The maximum absolute atomic E-state index is 6.15. The molecule has 0 spiro atoms. The Morgan fingerprint density at radius 2 is 1.64 bits per heavy atom. The van der Waals surface area contributed by atoms with Crippen molar-refractivity contribution in [3.05, 3.63) is 35.4 Å². The zero-order chi connectivity index (χ0) is 15.6. The molecule has 1 heterocycles. The summed E-state index contributed by atoms with van der Waals surface area (Å²) in [4.78, 5) is 0. The Morgan fingerprint density at radius 3 is 2.27 bits per heavy atom. The minimum Gasteiger partial charge on any atom is -0.373 e. The van der Waals surface area contributed by atoms with E-state index in [1.165, 1.54) is 68.9 Å². The maximum Gasteiger partial charge on any atom is 0.0825 e. The van der Waals surface area contributed by atoms with Crippen LogP contribution in [-0.2, 0) is 11.2 Å². The minimum absolute atomic E-state index is 0.340. The molecule has 0 amide bonds. The van der Waals surface area contributed by atoms with E-state index < -0.39 is 0 Å². The van der Waals surface area contributed by atoms with Gasteiger partial charge in [-0.1, -0.05) is 76.6 Å². The van der Waals surface area contributed by atoms with Crippen LogP contribution in [0.2, 0.25) is 0 Å². The molecule has 0 radical (unpaired) electrons. The Hall–Kier alpha value is -0.820. The number of ether oxygens (including phenoxy) is 1. The minimum atomic E-state index is 0.340. The van der Waals surface area contributed by atoms with Crippen molar-refractivity contribution in [1.29, 1.82) is 0 Å². The first-order valence-electron chi connectivity index (χ1n) is 9.54. The zero-order valence-electron chi connectivity index (χ0n) is 14.7. The van der Waals surface area contributed by atoms with Crippen molar-refractivity contribution in [3.63, 3.8) is 0 Å². The van der Waals surface area contributed by atoms with Crippen LogP contribution in [0.25, 0.3) is 0 Å². The standard InChI is InChI=1S/C21H34O/c1-3-5-6-7-8-9-10-19-13-16-21(22-17-19)20-14-11-18(4-2)12-15-20/h11-12,14-15,19,21H,3-10,13,16-17H2,1-2H3. The third kappa shape index (κ3) is 5.76. The number of benzene rings is 1. The van der Waals surface area contributed by atoms with Crippen LogP contribution in [0.3, 0.4) is 0 Å². The summed E-state index contributed by atoms with van der Waals surface area (Å²) in [5, 5.41) is 0. The average Bonchev–Trinajstić information content (AvgIpc) is 2.59. The van der Waals surface area contributed by atoms with Gasteiger partial charge < -0.3 is 4.74 Å². The molecule has 1 aliphatic heterocycles. The predicted molar refractivity (Wildman–Crippen MR) is 95.2 cm³/mol. The van der Waals surface area contributed by atoms with Crippen molar-refractivity contribution < 1.29 is 4.74 Å². The molecule has 1 nitrogen and oxygen atoms in total. The van der Waals surface area contributed by atoms with Gasteiger partial charge in [0.15, 0.2) is 0 Å². The van der Waals surface area contributed by atoms with Gasteiger partial charge in [0.05, 0.1) is 12.7 Å². The van der Waals surface area contributed by atoms with Crippen LogP contribution in [0, 0.1) is 5.92 Å². The Morgan fingerprint density at radius 1 is 0.909 bits per heavy atom. The fourth-order valence-electron chi connectivity index (χ4n) is 3.48. The Labute approximate surface area is 137 Å². The number of hydrogen-bond donors (Lipinski definition) is 0. The monoisotopic (exact) mass is 302 g/mol. The van der Waals surface area contributed by atoms with Crippen LogP contribution in [0.1, 0.15) is 88.9 Å². The summed E-state index contributed by atoms with van der Waals surface area (Å²) in [6.07, 6.45) is 13.8. The van der Waals surface area contributed by atoms with Crippen molar-refractivity contribution in [2.24, 2.45) is 5.92 Å². The molecule has 22 heavy (non-hydrogen) atoms. The molecular formula is C21H34O. The van der Waals surface area contributed by atoms with Crippen LogP contribution >= 0.6 is 0 Å². The predicted octanol–water partition coefficient (Wildman–Crippen LogP) is 6.47. The fourth-order valence-corrected chi connectivity index (χ4v) is 3.48. The van der Waals surface area contributed by atoms with Gasteiger partial charge in [-0.15, -0.1) is 0 Å². The first-order chi connectivity index (χ1) is 10.8. The highest BCUT2D eigenvalue weighted by Gasteiger charge is 2.22. The molecule has 1 aromatic rings. The summed E-state index contributed by atoms with van der Waals surface area (Å²) in [5.74, 6) is 0.803. The van der Waals surface area contributed by atoms with E-state index in [1.807, 2.05) is 0 Å². The lowest BCUT2D eigenvalue weighted by Crippen LogP contribution is -2.20. The summed E-state index contributed by atoms with van der Waals surface area (Å²) in [5.41, 5.74) is 2.79. The first kappa shape index (κ1) is 17.5. The summed E-state index contributed by atoms with van der Waals surface area (Å²) in [6.45, 7) is 5.46. The SMILES string of the molecule is CCCCCCCCC1CCC(c2ccc(CC)cc2)OC1. The summed E-state index contributed by atoms with van der Waals surface area (Å²) >= 11 is 0. The van der Waals surface area contributed by atoms with E-state index in [0.717, 1.165) is 18.9 Å². The van der Waals surface area contributed by atoms with E-state index in [1.54, 1.807) is 0 Å². The van der Waals surface area contributed by atoms with Gasteiger partial charge in [0, 0.05) is 0 Å². The van der Waals surface area contributed by atoms with Crippen molar-refractivity contribution >= 4 is 0 Å². The molecule has 2 unspecified atom stereocenters. The van der Waals surface area contributed by atoms with E-state index in [-0.39, 0.29) is 0 Å². The smallest absolute Gasteiger partial charge is 0.0825 e. The molecule has 1 aliphatic rings. The highest BCUT2D eigenvalue weighted by Crippen LogP contribution is 2.32. The van der Waals surface area contributed by atoms with Gasteiger partial charge in [-0.3, -0.25) is 0 Å². The average molecular weight is 303 g/mol. The lowest BCUT2D eigenvalue weighted by molar-refractivity contribution is -0.0199. The summed E-state index contributed by atoms with van der Waals surface area (Å²) < 4.78 is 6.15. The van der Waals surface area contributed by atoms with Crippen LogP contribution < -0.4 is 0 Å². The van der Waals surface area contributed by atoms with Crippen LogP contribution in [0.15, 0.2) is 24.3 Å². The van der Waals surface area contributed by atoms with Gasteiger partial charge in [0.2, 0.25) is 0 Å². The van der Waals surface area contributed by atoms with Crippen LogP contribution in [-0.4, -0.2) is 6.61 Å². The van der Waals surface area contributed by atoms with Gasteiger partial charge in [0.25, 0.3) is 0 Å². The van der Waals surface area contributed by atoms with Crippen LogP contribution in [0.5, 0.6) is 0 Å². The second-order valence-corrected chi connectivity index (χ2v) is 6.92. The third-order valence-electron chi connectivity index (χ3n) is 5.10. The number of aryl methyl sites for hydroxylation is 1. The third-order valence-corrected chi connectivity index (χ3v) is 5.10. The molecule has 1 aromatic carbocycles. The van der Waals surface area contributed by atoms with Crippen molar-refractivity contribution in [2.45, 2.75) is 84.2 Å². The Balaban J connectivity index is 1.62.